The number of imidazole rings is 1. The molecule has 0 spiro atoms. The second kappa shape index (κ2) is 11.4. The van der Waals surface area contributed by atoms with Crippen molar-refractivity contribution in [2.45, 2.75) is 90.1 Å². The van der Waals surface area contributed by atoms with Crippen molar-refractivity contribution >= 4 is 35.7 Å². The maximum atomic E-state index is 13.8. The minimum Gasteiger partial charge on any atom is -0.453 e. The zero-order valence-electron chi connectivity index (χ0n) is 25.6. The predicted octanol–water partition coefficient (Wildman–Crippen LogP) is 4.47. The summed E-state index contributed by atoms with van der Waals surface area (Å²) in [5.74, 6) is 0.944. The third kappa shape index (κ3) is 5.79. The van der Waals surface area contributed by atoms with Gasteiger partial charge in [-0.1, -0.05) is 49.6 Å². The van der Waals surface area contributed by atoms with Gasteiger partial charge in [0.25, 0.3) is 0 Å². The molecule has 1 radical (unpaired) electrons. The number of likely N-dealkylation sites (tertiary alicyclic amines) is 1. The van der Waals surface area contributed by atoms with Crippen molar-refractivity contribution in [3.05, 3.63) is 48.4 Å². The van der Waals surface area contributed by atoms with Gasteiger partial charge in [-0.2, -0.15) is 0 Å². The second-order valence-electron chi connectivity index (χ2n) is 13.1. The van der Waals surface area contributed by atoms with E-state index in [-0.39, 0.29) is 23.9 Å². The van der Waals surface area contributed by atoms with Gasteiger partial charge in [0.15, 0.2) is 0 Å². The molecule has 1 saturated carbocycles. The number of amides is 2. The number of nitrogens with one attached hydrogen (secondary N) is 2. The van der Waals surface area contributed by atoms with Crippen LogP contribution in [0.25, 0.3) is 22.0 Å². The van der Waals surface area contributed by atoms with E-state index < -0.39 is 23.3 Å². The number of aliphatic hydroxyl groups is 1. The Hall–Kier alpha value is -3.37. The van der Waals surface area contributed by atoms with Crippen LogP contribution in [0.2, 0.25) is 0 Å². The van der Waals surface area contributed by atoms with Crippen molar-refractivity contribution < 1.29 is 24.1 Å². The molecule has 2 amide bonds. The van der Waals surface area contributed by atoms with Crippen LogP contribution in [0.4, 0.5) is 4.79 Å². The van der Waals surface area contributed by atoms with Crippen molar-refractivity contribution in [1.29, 1.82) is 0 Å². The summed E-state index contributed by atoms with van der Waals surface area (Å²) in [7, 11) is 3.00. The number of benzene rings is 2. The third-order valence-electron chi connectivity index (χ3n) is 9.24. The van der Waals surface area contributed by atoms with Gasteiger partial charge in [-0.25, -0.2) is 9.78 Å². The van der Waals surface area contributed by atoms with Crippen LogP contribution in [0.5, 0.6) is 0 Å². The largest absolute Gasteiger partial charge is 0.453 e. The van der Waals surface area contributed by atoms with Crippen LogP contribution in [-0.2, 0) is 14.2 Å². The van der Waals surface area contributed by atoms with Gasteiger partial charge in [0.2, 0.25) is 5.91 Å². The summed E-state index contributed by atoms with van der Waals surface area (Å²) in [6.07, 6.45) is 4.20. The number of ether oxygens (including phenoxy) is 1. The third-order valence-corrected chi connectivity index (χ3v) is 9.24. The number of nitrogens with zero attached hydrogens (tertiary/aromatic N) is 2. The summed E-state index contributed by atoms with van der Waals surface area (Å²) >= 11 is 0. The van der Waals surface area contributed by atoms with E-state index in [9.17, 15) is 14.7 Å². The molecule has 2 fully saturated rings. The van der Waals surface area contributed by atoms with Crippen LogP contribution in [-0.4, -0.2) is 69.9 Å². The number of piperidine rings is 1. The summed E-state index contributed by atoms with van der Waals surface area (Å²) in [6.45, 7) is 11.1. The molecule has 223 valence electrons. The molecule has 2 bridgehead atoms. The molecule has 2 heterocycles. The topological polar surface area (TPSA) is 117 Å². The van der Waals surface area contributed by atoms with E-state index >= 15 is 0 Å². The number of carbonyl (C=O) groups excluding carboxylic acids is 2. The van der Waals surface area contributed by atoms with Gasteiger partial charge in [-0.05, 0) is 75.6 Å². The van der Waals surface area contributed by atoms with Crippen molar-refractivity contribution in [2.24, 2.45) is 11.8 Å². The highest BCUT2D eigenvalue weighted by atomic mass is 16.5. The highest BCUT2D eigenvalue weighted by Crippen LogP contribution is 2.50. The lowest BCUT2D eigenvalue weighted by atomic mass is 9.82. The summed E-state index contributed by atoms with van der Waals surface area (Å²) in [5.41, 5.74) is 1.08. The molecule has 1 unspecified atom stereocenters. The minimum atomic E-state index is -0.989. The van der Waals surface area contributed by atoms with Crippen molar-refractivity contribution in [2.75, 3.05) is 7.11 Å². The Morgan fingerprint density at radius 2 is 1.83 bits per heavy atom. The minimum absolute atomic E-state index is 0.0844. The first-order chi connectivity index (χ1) is 19.8. The van der Waals surface area contributed by atoms with Crippen LogP contribution < -0.4 is 10.8 Å². The SMILES string of the molecule is COC(=O)N[C@H](C(=O)N1C(c2ncc(-c3ccc4cc([B]OC(C)(C)C(C)(C)O)ccc4c3)[nH]2)[C@H]2CC[C@@H]1C2)C(C)C. The molecule has 2 aliphatic rings. The Morgan fingerprint density at radius 1 is 1.12 bits per heavy atom. The molecular weight excluding hydrogens is 531 g/mol. The van der Waals surface area contributed by atoms with Gasteiger partial charge >= 0.3 is 13.6 Å². The van der Waals surface area contributed by atoms with Crippen molar-refractivity contribution in [3.8, 4) is 11.3 Å². The highest BCUT2D eigenvalue weighted by molar-refractivity contribution is 6.47. The van der Waals surface area contributed by atoms with E-state index in [1.807, 2.05) is 44.9 Å². The zero-order valence-corrected chi connectivity index (χ0v) is 25.6. The van der Waals surface area contributed by atoms with Gasteiger partial charge in [-0.15, -0.1) is 0 Å². The zero-order chi connectivity index (χ0) is 30.4. The molecule has 10 heteroatoms. The Bertz CT molecular complexity index is 1460. The maximum Gasteiger partial charge on any atom is 0.407 e. The predicted molar refractivity (Wildman–Crippen MR) is 163 cm³/mol. The monoisotopic (exact) mass is 573 g/mol. The Morgan fingerprint density at radius 3 is 2.52 bits per heavy atom. The number of carbonyl (C=O) groups is 2. The van der Waals surface area contributed by atoms with E-state index in [1.54, 1.807) is 21.3 Å². The standard InChI is InChI=1S/C32H42BN4O5/c1-18(2)26(36-30(39)41-7)29(38)37-24-13-11-22(16-24)27(37)28-34-17-25(35-28)21-9-8-20-15-23(12-10-19(20)14-21)33-42-32(5,6)31(3,4)40/h8-10,12,14-15,17-18,22,24,26-27,40H,11,13,16H2,1-7H3,(H,34,35)(H,36,39)/t22-,24+,26-,27?/m0/s1. The Labute approximate surface area is 248 Å². The van der Waals surface area contributed by atoms with Crippen LogP contribution in [0.3, 0.4) is 0 Å². The number of hydrogen-bond acceptors (Lipinski definition) is 6. The normalized spacial score (nSPS) is 21.2. The lowest BCUT2D eigenvalue weighted by Gasteiger charge is -2.37. The number of fused-ring (bicyclic) bond motifs is 3. The average molecular weight is 574 g/mol. The van der Waals surface area contributed by atoms with E-state index in [0.29, 0.717) is 5.92 Å². The number of H-pyrrole nitrogens is 1. The van der Waals surface area contributed by atoms with Crippen LogP contribution >= 0.6 is 0 Å². The molecule has 3 aromatic rings. The second-order valence-corrected chi connectivity index (χ2v) is 13.1. The first-order valence-corrected chi connectivity index (χ1v) is 14.8. The van der Waals surface area contributed by atoms with Crippen LogP contribution in [0.1, 0.15) is 72.7 Å². The molecule has 1 aliphatic heterocycles. The Kier molecular flexibility index (Phi) is 8.15. The van der Waals surface area contributed by atoms with E-state index in [4.69, 9.17) is 14.4 Å². The lowest BCUT2D eigenvalue weighted by Crippen LogP contribution is -2.54. The maximum absolute atomic E-state index is 13.8. The highest BCUT2D eigenvalue weighted by Gasteiger charge is 2.51. The van der Waals surface area contributed by atoms with Crippen LogP contribution in [0, 0.1) is 11.8 Å². The summed E-state index contributed by atoms with van der Waals surface area (Å²) in [6, 6.07) is 11.7. The van der Waals surface area contributed by atoms with E-state index in [0.717, 1.165) is 52.6 Å². The van der Waals surface area contributed by atoms with E-state index in [2.05, 4.69) is 40.6 Å². The first kappa shape index (κ1) is 30.1. The summed E-state index contributed by atoms with van der Waals surface area (Å²) in [4.78, 5) is 36.0. The quantitative estimate of drug-likeness (QED) is 0.325. The fourth-order valence-corrected chi connectivity index (χ4v) is 6.02. The van der Waals surface area contributed by atoms with Gasteiger partial charge in [-0.3, -0.25) is 4.79 Å². The molecule has 9 nitrogen and oxygen atoms in total. The van der Waals surface area contributed by atoms with E-state index in [1.165, 1.54) is 7.11 Å². The van der Waals surface area contributed by atoms with Gasteiger partial charge in [0.1, 0.15) is 11.9 Å². The molecule has 1 aromatic heterocycles. The van der Waals surface area contributed by atoms with Gasteiger partial charge in [0.05, 0.1) is 36.2 Å². The smallest absolute Gasteiger partial charge is 0.407 e. The molecule has 4 atom stereocenters. The molecular formula is C32H42BN4O5. The number of hydrogen-bond donors (Lipinski definition) is 3. The number of methoxy groups -OCH3 is 1. The summed E-state index contributed by atoms with van der Waals surface area (Å²) in [5, 5.41) is 15.3. The number of aromatic amines is 1. The lowest BCUT2D eigenvalue weighted by molar-refractivity contribution is -0.139. The number of aromatic nitrogens is 2. The molecule has 42 heavy (non-hydrogen) atoms. The van der Waals surface area contributed by atoms with Crippen molar-refractivity contribution in [1.82, 2.24) is 20.2 Å². The average Bonchev–Trinajstić information content (AvgIpc) is 3.70. The Balaban J connectivity index is 1.35. The molecule has 2 aromatic carbocycles. The number of alkyl carbamates (subject to hydrolysis) is 1. The molecule has 1 aliphatic carbocycles. The number of rotatable bonds is 9. The van der Waals surface area contributed by atoms with Crippen molar-refractivity contribution in [3.63, 3.8) is 0 Å². The first-order valence-electron chi connectivity index (χ1n) is 14.8. The fourth-order valence-electron chi connectivity index (χ4n) is 6.02. The molecule has 5 rings (SSSR count). The van der Waals surface area contributed by atoms with Crippen LogP contribution in [0.15, 0.2) is 42.6 Å². The molecule has 3 N–H and O–H groups in total. The van der Waals surface area contributed by atoms with Gasteiger partial charge < -0.3 is 29.7 Å². The summed E-state index contributed by atoms with van der Waals surface area (Å²) < 4.78 is 10.7. The fraction of sp³-hybridized carbons (Fsp3) is 0.531. The molecule has 1 saturated heterocycles. The van der Waals surface area contributed by atoms with Gasteiger partial charge in [0, 0.05) is 11.6 Å².